The van der Waals surface area contributed by atoms with Crippen LogP contribution in [0.1, 0.15) is 43.1 Å². The van der Waals surface area contributed by atoms with Gasteiger partial charge in [-0.2, -0.15) is 5.10 Å². The van der Waals surface area contributed by atoms with Gasteiger partial charge < -0.3 is 14.8 Å². The number of benzene rings is 2. The van der Waals surface area contributed by atoms with Crippen molar-refractivity contribution < 1.29 is 19.1 Å². The molecule has 9 heteroatoms. The number of amides is 2. The maximum atomic E-state index is 12.6. The third kappa shape index (κ3) is 7.14. The van der Waals surface area contributed by atoms with Gasteiger partial charge in [-0.25, -0.2) is 5.43 Å². The highest BCUT2D eigenvalue weighted by Gasteiger charge is 2.24. The van der Waals surface area contributed by atoms with Gasteiger partial charge in [0.1, 0.15) is 6.04 Å². The van der Waals surface area contributed by atoms with Crippen LogP contribution in [0.5, 0.6) is 11.5 Å². The summed E-state index contributed by atoms with van der Waals surface area (Å²) >= 11 is 11.9. The molecule has 0 heterocycles. The van der Waals surface area contributed by atoms with Crippen molar-refractivity contribution in [1.29, 1.82) is 0 Å². The van der Waals surface area contributed by atoms with Crippen LogP contribution in [0, 0.1) is 5.92 Å². The minimum Gasteiger partial charge on any atom is -0.493 e. The third-order valence-corrected chi connectivity index (χ3v) is 5.19. The molecular formula is C23H27Cl2N3O4. The van der Waals surface area contributed by atoms with Crippen molar-refractivity contribution in [2.45, 2.75) is 33.2 Å². The molecule has 0 spiro atoms. The van der Waals surface area contributed by atoms with Crippen LogP contribution >= 0.6 is 23.2 Å². The fourth-order valence-corrected chi connectivity index (χ4v) is 3.03. The highest BCUT2D eigenvalue weighted by atomic mass is 35.5. The molecule has 0 aliphatic heterocycles. The number of nitrogens with zero attached hydrogens (tertiary/aromatic N) is 1. The summed E-state index contributed by atoms with van der Waals surface area (Å²) in [5.74, 6) is 0.156. The molecule has 0 radical (unpaired) electrons. The fourth-order valence-electron chi connectivity index (χ4n) is 2.73. The molecule has 2 aromatic rings. The lowest BCUT2D eigenvalue weighted by atomic mass is 10.0. The number of rotatable bonds is 10. The number of carbonyl (C=O) groups excluding carboxylic acids is 2. The highest BCUT2D eigenvalue weighted by Crippen LogP contribution is 2.27. The molecule has 0 aromatic heterocycles. The predicted octanol–water partition coefficient (Wildman–Crippen LogP) is 4.70. The molecule has 0 aliphatic rings. The van der Waals surface area contributed by atoms with E-state index in [2.05, 4.69) is 15.8 Å². The Labute approximate surface area is 198 Å². The van der Waals surface area contributed by atoms with Gasteiger partial charge in [0.2, 0.25) is 0 Å². The average molecular weight is 480 g/mol. The Hall–Kier alpha value is -2.77. The Balaban J connectivity index is 2.04. The molecule has 0 saturated carbocycles. The normalized spacial score (nSPS) is 12.0. The number of ether oxygens (including phenoxy) is 2. The van der Waals surface area contributed by atoms with Crippen molar-refractivity contribution in [3.05, 3.63) is 57.6 Å². The van der Waals surface area contributed by atoms with Crippen LogP contribution in [0.2, 0.25) is 10.0 Å². The maximum absolute atomic E-state index is 12.6. The summed E-state index contributed by atoms with van der Waals surface area (Å²) in [5.41, 5.74) is 3.49. The van der Waals surface area contributed by atoms with Crippen molar-refractivity contribution in [3.63, 3.8) is 0 Å². The van der Waals surface area contributed by atoms with Gasteiger partial charge in [-0.05, 0) is 54.3 Å². The number of hydrazone groups is 1. The zero-order chi connectivity index (χ0) is 23.7. The van der Waals surface area contributed by atoms with Crippen LogP contribution in [-0.2, 0) is 4.79 Å². The Morgan fingerprint density at radius 3 is 2.47 bits per heavy atom. The van der Waals surface area contributed by atoms with Crippen LogP contribution in [0.4, 0.5) is 0 Å². The van der Waals surface area contributed by atoms with Gasteiger partial charge in [-0.3, -0.25) is 9.59 Å². The van der Waals surface area contributed by atoms with Gasteiger partial charge in [0.25, 0.3) is 11.8 Å². The van der Waals surface area contributed by atoms with Crippen LogP contribution in [0.25, 0.3) is 0 Å². The SMILES string of the molecule is CCCOc1ccc(/C=N\NC(=O)C(NC(=O)c2ccc(Cl)c(Cl)c2)C(C)C)cc1OC. The van der Waals surface area contributed by atoms with E-state index in [-0.39, 0.29) is 10.9 Å². The Bertz CT molecular complexity index is 980. The second-order valence-corrected chi connectivity index (χ2v) is 8.13. The summed E-state index contributed by atoms with van der Waals surface area (Å²) in [6.45, 7) is 6.25. The second-order valence-electron chi connectivity index (χ2n) is 7.32. The van der Waals surface area contributed by atoms with E-state index in [0.717, 1.165) is 6.42 Å². The van der Waals surface area contributed by atoms with Gasteiger partial charge >= 0.3 is 0 Å². The number of hydrogen-bond donors (Lipinski definition) is 2. The molecule has 32 heavy (non-hydrogen) atoms. The Morgan fingerprint density at radius 2 is 1.84 bits per heavy atom. The fraction of sp³-hybridized carbons (Fsp3) is 0.348. The van der Waals surface area contributed by atoms with Crippen molar-refractivity contribution >= 4 is 41.2 Å². The lowest BCUT2D eigenvalue weighted by molar-refractivity contribution is -0.123. The quantitative estimate of drug-likeness (QED) is 0.381. The highest BCUT2D eigenvalue weighted by molar-refractivity contribution is 6.42. The predicted molar refractivity (Wildman–Crippen MR) is 127 cm³/mol. The molecule has 0 fully saturated rings. The number of carbonyl (C=O) groups is 2. The summed E-state index contributed by atoms with van der Waals surface area (Å²) in [7, 11) is 1.56. The molecule has 7 nitrogen and oxygen atoms in total. The molecule has 2 aromatic carbocycles. The van der Waals surface area contributed by atoms with Crippen LogP contribution in [0.3, 0.4) is 0 Å². The molecule has 2 amide bonds. The largest absolute Gasteiger partial charge is 0.493 e. The molecule has 0 bridgehead atoms. The first-order chi connectivity index (χ1) is 15.3. The first kappa shape index (κ1) is 25.5. The van der Waals surface area contributed by atoms with Crippen LogP contribution in [0.15, 0.2) is 41.5 Å². The zero-order valence-electron chi connectivity index (χ0n) is 18.4. The molecule has 1 unspecified atom stereocenters. The molecule has 0 aliphatic carbocycles. The minimum absolute atomic E-state index is 0.174. The number of halogens is 2. The van der Waals surface area contributed by atoms with E-state index >= 15 is 0 Å². The van der Waals surface area contributed by atoms with Crippen LogP contribution in [-0.4, -0.2) is 37.8 Å². The zero-order valence-corrected chi connectivity index (χ0v) is 20.0. The van der Waals surface area contributed by atoms with E-state index in [1.54, 1.807) is 25.3 Å². The molecule has 1 atom stereocenters. The number of nitrogens with one attached hydrogen (secondary N) is 2. The van der Waals surface area contributed by atoms with E-state index in [1.165, 1.54) is 24.4 Å². The van der Waals surface area contributed by atoms with E-state index < -0.39 is 17.9 Å². The average Bonchev–Trinajstić information content (AvgIpc) is 2.77. The summed E-state index contributed by atoms with van der Waals surface area (Å²) in [6, 6.07) is 9.06. The molecule has 2 N–H and O–H groups in total. The van der Waals surface area contributed by atoms with Crippen molar-refractivity contribution in [2.75, 3.05) is 13.7 Å². The first-order valence-corrected chi connectivity index (χ1v) is 10.9. The third-order valence-electron chi connectivity index (χ3n) is 4.46. The number of methoxy groups -OCH3 is 1. The van der Waals surface area contributed by atoms with Gasteiger partial charge in [0, 0.05) is 5.56 Å². The summed E-state index contributed by atoms with van der Waals surface area (Å²) in [6.07, 6.45) is 2.37. The topological polar surface area (TPSA) is 89.0 Å². The van der Waals surface area contributed by atoms with E-state index in [9.17, 15) is 9.59 Å². The van der Waals surface area contributed by atoms with Crippen molar-refractivity contribution in [1.82, 2.24) is 10.7 Å². The van der Waals surface area contributed by atoms with Crippen LogP contribution < -0.4 is 20.2 Å². The lowest BCUT2D eigenvalue weighted by Crippen LogP contribution is -2.48. The second kappa shape index (κ2) is 12.3. The van der Waals surface area contributed by atoms with E-state index in [0.29, 0.717) is 34.3 Å². The van der Waals surface area contributed by atoms with Gasteiger partial charge in [0.05, 0.1) is 30.0 Å². The summed E-state index contributed by atoms with van der Waals surface area (Å²) in [4.78, 5) is 25.2. The maximum Gasteiger partial charge on any atom is 0.262 e. The standard InChI is InChI=1S/C23H27Cl2N3O4/c1-5-10-32-19-9-6-15(11-20(19)31-4)13-26-28-23(30)21(14(2)3)27-22(29)16-7-8-17(24)18(25)12-16/h6-9,11-14,21H,5,10H2,1-4H3,(H,27,29)(H,28,30)/b26-13-. The minimum atomic E-state index is -0.798. The summed E-state index contributed by atoms with van der Waals surface area (Å²) in [5, 5.41) is 7.32. The Morgan fingerprint density at radius 1 is 1.09 bits per heavy atom. The van der Waals surface area contributed by atoms with Gasteiger partial charge in [-0.1, -0.05) is 44.0 Å². The molecule has 2 rings (SSSR count). The summed E-state index contributed by atoms with van der Waals surface area (Å²) < 4.78 is 11.0. The molecule has 0 saturated heterocycles. The Kier molecular flexibility index (Phi) is 9.81. The first-order valence-electron chi connectivity index (χ1n) is 10.2. The van der Waals surface area contributed by atoms with Crippen molar-refractivity contribution in [3.8, 4) is 11.5 Å². The van der Waals surface area contributed by atoms with E-state index in [1.807, 2.05) is 20.8 Å². The monoisotopic (exact) mass is 479 g/mol. The molecular weight excluding hydrogens is 453 g/mol. The lowest BCUT2D eigenvalue weighted by Gasteiger charge is -2.20. The smallest absolute Gasteiger partial charge is 0.262 e. The van der Waals surface area contributed by atoms with Gasteiger partial charge in [-0.15, -0.1) is 0 Å². The number of hydrogen-bond acceptors (Lipinski definition) is 5. The van der Waals surface area contributed by atoms with E-state index in [4.69, 9.17) is 32.7 Å². The van der Waals surface area contributed by atoms with Crippen molar-refractivity contribution in [2.24, 2.45) is 11.0 Å². The molecule has 172 valence electrons. The van der Waals surface area contributed by atoms with Gasteiger partial charge in [0.15, 0.2) is 11.5 Å².